The van der Waals surface area contributed by atoms with Crippen LogP contribution >= 0.6 is 0 Å². The van der Waals surface area contributed by atoms with Crippen molar-refractivity contribution < 1.29 is 0 Å². The monoisotopic (exact) mass is 297 g/mol. The van der Waals surface area contributed by atoms with Gasteiger partial charge in [0.15, 0.2) is 0 Å². The van der Waals surface area contributed by atoms with Crippen LogP contribution in [0.25, 0.3) is 0 Å². The molecule has 0 fully saturated rings. The second-order valence-corrected chi connectivity index (χ2v) is 5.29. The maximum absolute atomic E-state index is 4.64. The molecule has 3 nitrogen and oxygen atoms in total. The summed E-state index contributed by atoms with van der Waals surface area (Å²) in [6.07, 6.45) is 5.85. The molecule has 0 unspecified atom stereocenters. The van der Waals surface area contributed by atoms with E-state index in [1.807, 2.05) is 37.9 Å². The molecule has 0 atom stereocenters. The molecule has 0 saturated carbocycles. The quantitative estimate of drug-likeness (QED) is 0.528. The summed E-state index contributed by atoms with van der Waals surface area (Å²) < 4.78 is 0. The zero-order chi connectivity index (χ0) is 16.7. The summed E-state index contributed by atoms with van der Waals surface area (Å²) in [6, 6.07) is 4.11. The Labute approximate surface area is 134 Å². The molecule has 0 amide bonds. The molecule has 0 aliphatic rings. The Morgan fingerprint density at radius 1 is 1.27 bits per heavy atom. The van der Waals surface area contributed by atoms with Gasteiger partial charge in [-0.1, -0.05) is 39.1 Å². The molecule has 0 aromatic carbocycles. The first-order valence-corrected chi connectivity index (χ1v) is 7.74. The van der Waals surface area contributed by atoms with Crippen molar-refractivity contribution >= 4 is 11.7 Å². The van der Waals surface area contributed by atoms with Crippen LogP contribution in [0.2, 0.25) is 0 Å². The lowest BCUT2D eigenvalue weighted by atomic mass is 10.1. The zero-order valence-electron chi connectivity index (χ0n) is 14.5. The molecule has 0 aliphatic heterocycles. The van der Waals surface area contributed by atoms with Crippen molar-refractivity contribution in [2.75, 3.05) is 4.90 Å². The van der Waals surface area contributed by atoms with Gasteiger partial charge in [0.25, 0.3) is 0 Å². The van der Waals surface area contributed by atoms with Crippen LogP contribution in [0.3, 0.4) is 0 Å². The van der Waals surface area contributed by atoms with Crippen LogP contribution in [-0.4, -0.2) is 10.8 Å². The number of aromatic nitrogens is 1. The van der Waals surface area contributed by atoms with E-state index in [-0.39, 0.29) is 0 Å². The van der Waals surface area contributed by atoms with Gasteiger partial charge in [0.1, 0.15) is 11.7 Å². The number of hydrogen-bond donors (Lipinski definition) is 0. The van der Waals surface area contributed by atoms with Gasteiger partial charge in [-0.3, -0.25) is 4.90 Å². The minimum absolute atomic E-state index is 0.763. The van der Waals surface area contributed by atoms with E-state index in [4.69, 9.17) is 0 Å². The molecule has 0 saturated heterocycles. The molecule has 1 aromatic rings. The third kappa shape index (κ3) is 4.42. The second-order valence-electron chi connectivity index (χ2n) is 5.29. The summed E-state index contributed by atoms with van der Waals surface area (Å²) >= 11 is 0. The number of aryl methyl sites for hydroxylation is 1. The maximum Gasteiger partial charge on any atom is 0.141 e. The lowest BCUT2D eigenvalue weighted by Gasteiger charge is -2.27. The smallest absolute Gasteiger partial charge is 0.141 e. The first-order valence-electron chi connectivity index (χ1n) is 7.74. The molecule has 3 heteroatoms. The summed E-state index contributed by atoms with van der Waals surface area (Å²) in [5, 5.41) is 0. The van der Waals surface area contributed by atoms with E-state index in [2.05, 4.69) is 49.1 Å². The predicted octanol–water partition coefficient (Wildman–Crippen LogP) is 5.27. The summed E-state index contributed by atoms with van der Waals surface area (Å²) in [6.45, 7) is 18.1. The average molecular weight is 297 g/mol. The van der Waals surface area contributed by atoms with Crippen molar-refractivity contribution in [3.05, 3.63) is 60.1 Å². The molecule has 1 heterocycles. The highest BCUT2D eigenvalue weighted by atomic mass is 15.2. The fourth-order valence-corrected chi connectivity index (χ4v) is 2.18. The highest BCUT2D eigenvalue weighted by Crippen LogP contribution is 2.22. The molecule has 1 rings (SSSR count). The van der Waals surface area contributed by atoms with Gasteiger partial charge in [0.2, 0.25) is 0 Å². The zero-order valence-corrected chi connectivity index (χ0v) is 14.5. The SMILES string of the molecule is C=C(C)/N=C(\C(=C/C)CC)N(C(=C)C)c1ccc(CC)cn1. The molecule has 0 aliphatic carbocycles. The number of amidine groups is 1. The van der Waals surface area contributed by atoms with Gasteiger partial charge in [-0.05, 0) is 50.8 Å². The number of allylic oxidation sites excluding steroid dienone is 3. The number of anilines is 1. The molecular weight excluding hydrogens is 270 g/mol. The Balaban J connectivity index is 3.41. The molecule has 0 bridgehead atoms. The van der Waals surface area contributed by atoms with Gasteiger partial charge < -0.3 is 0 Å². The first kappa shape index (κ1) is 17.9. The van der Waals surface area contributed by atoms with Crippen LogP contribution in [0.5, 0.6) is 0 Å². The average Bonchev–Trinajstić information content (AvgIpc) is 2.48. The summed E-state index contributed by atoms with van der Waals surface area (Å²) in [7, 11) is 0. The summed E-state index contributed by atoms with van der Waals surface area (Å²) in [5.74, 6) is 1.68. The Hall–Kier alpha value is -2.16. The topological polar surface area (TPSA) is 28.5 Å². The molecule has 22 heavy (non-hydrogen) atoms. The Morgan fingerprint density at radius 3 is 2.32 bits per heavy atom. The fourth-order valence-electron chi connectivity index (χ4n) is 2.18. The van der Waals surface area contributed by atoms with Crippen molar-refractivity contribution in [2.24, 2.45) is 4.99 Å². The van der Waals surface area contributed by atoms with Gasteiger partial charge in [-0.25, -0.2) is 9.98 Å². The molecular formula is C19H27N3. The van der Waals surface area contributed by atoms with E-state index >= 15 is 0 Å². The molecule has 118 valence electrons. The van der Waals surface area contributed by atoms with Crippen LogP contribution in [0, 0.1) is 0 Å². The van der Waals surface area contributed by atoms with Crippen LogP contribution in [0.4, 0.5) is 5.82 Å². The van der Waals surface area contributed by atoms with Crippen LogP contribution in [0.15, 0.2) is 59.5 Å². The third-order valence-electron chi connectivity index (χ3n) is 3.35. The minimum atomic E-state index is 0.763. The van der Waals surface area contributed by atoms with Crippen molar-refractivity contribution in [3.63, 3.8) is 0 Å². The Morgan fingerprint density at radius 2 is 1.95 bits per heavy atom. The predicted molar refractivity (Wildman–Crippen MR) is 97.2 cm³/mol. The van der Waals surface area contributed by atoms with Crippen LogP contribution in [0.1, 0.15) is 46.6 Å². The van der Waals surface area contributed by atoms with E-state index in [1.165, 1.54) is 5.56 Å². The lowest BCUT2D eigenvalue weighted by molar-refractivity contribution is 1.05. The molecule has 1 aromatic heterocycles. The van der Waals surface area contributed by atoms with E-state index in [1.54, 1.807) is 0 Å². The van der Waals surface area contributed by atoms with Crippen LogP contribution in [-0.2, 0) is 6.42 Å². The third-order valence-corrected chi connectivity index (χ3v) is 3.35. The van der Waals surface area contributed by atoms with Crippen LogP contribution < -0.4 is 4.90 Å². The Kier molecular flexibility index (Phi) is 6.77. The largest absolute Gasteiger partial charge is 0.284 e. The van der Waals surface area contributed by atoms with Gasteiger partial charge >= 0.3 is 0 Å². The minimum Gasteiger partial charge on any atom is -0.284 e. The number of aliphatic imine (C=N–C) groups is 1. The van der Waals surface area contributed by atoms with Gasteiger partial charge in [-0.2, -0.15) is 0 Å². The normalized spacial score (nSPS) is 12.2. The number of rotatable bonds is 6. The fraction of sp³-hybridized carbons (Fsp3) is 0.368. The lowest BCUT2D eigenvalue weighted by Crippen LogP contribution is -2.31. The standard InChI is InChI=1S/C19H27N3/c1-8-16-11-12-18(20-13-16)22(15(6)7)19(21-14(4)5)17(9-2)10-3/h9,11-13H,4,6,8,10H2,1-3,5,7H3/b17-9-,21-19+. The van der Waals surface area contributed by atoms with E-state index in [0.29, 0.717) is 0 Å². The van der Waals surface area contributed by atoms with Gasteiger partial charge in [0, 0.05) is 17.6 Å². The van der Waals surface area contributed by atoms with E-state index in [0.717, 1.165) is 41.5 Å². The summed E-state index contributed by atoms with van der Waals surface area (Å²) in [5.41, 5.74) is 4.00. The molecule has 0 radical (unpaired) electrons. The number of hydrogen-bond acceptors (Lipinski definition) is 2. The maximum atomic E-state index is 4.64. The Bertz CT molecular complexity index is 592. The summed E-state index contributed by atoms with van der Waals surface area (Å²) in [4.78, 5) is 11.2. The van der Waals surface area contributed by atoms with Gasteiger partial charge in [-0.15, -0.1) is 0 Å². The second kappa shape index (κ2) is 8.32. The van der Waals surface area contributed by atoms with Crippen molar-refractivity contribution in [1.82, 2.24) is 4.98 Å². The van der Waals surface area contributed by atoms with Crippen molar-refractivity contribution in [3.8, 4) is 0 Å². The highest BCUT2D eigenvalue weighted by molar-refractivity contribution is 6.11. The van der Waals surface area contributed by atoms with Crippen molar-refractivity contribution in [1.29, 1.82) is 0 Å². The number of nitrogens with zero attached hydrogens (tertiary/aromatic N) is 3. The highest BCUT2D eigenvalue weighted by Gasteiger charge is 2.18. The van der Waals surface area contributed by atoms with E-state index < -0.39 is 0 Å². The first-order chi connectivity index (χ1) is 10.4. The van der Waals surface area contributed by atoms with Crippen molar-refractivity contribution in [2.45, 2.75) is 47.5 Å². The number of pyridine rings is 1. The van der Waals surface area contributed by atoms with Gasteiger partial charge in [0.05, 0.1) is 0 Å². The van der Waals surface area contributed by atoms with E-state index in [9.17, 15) is 0 Å². The molecule has 0 N–H and O–H groups in total. The molecule has 0 spiro atoms.